The molecule has 1 fully saturated rings. The Kier molecular flexibility index (Phi) is 11.1. The maximum Gasteiger partial charge on any atom is 0.326 e. The molecule has 0 aliphatic carbocycles. The van der Waals surface area contributed by atoms with Crippen molar-refractivity contribution >= 4 is 17.8 Å². The van der Waals surface area contributed by atoms with Crippen LogP contribution in [0.3, 0.4) is 0 Å². The van der Waals surface area contributed by atoms with Crippen LogP contribution in [-0.2, 0) is 16.0 Å². The van der Waals surface area contributed by atoms with Crippen LogP contribution in [0.15, 0.2) is 60.7 Å². The van der Waals surface area contributed by atoms with Gasteiger partial charge in [0.05, 0.1) is 18.2 Å². The Morgan fingerprint density at radius 2 is 1.70 bits per heavy atom. The topological polar surface area (TPSA) is 145 Å². The Morgan fingerprint density at radius 3 is 2.35 bits per heavy atom. The molecular weight excluding hydrogens is 472 g/mol. The highest BCUT2D eigenvalue weighted by Gasteiger charge is 2.37. The van der Waals surface area contributed by atoms with E-state index in [1.165, 1.54) is 4.90 Å². The number of aliphatic carboxylic acids is 1. The van der Waals surface area contributed by atoms with Gasteiger partial charge in [0.15, 0.2) is 0 Å². The summed E-state index contributed by atoms with van der Waals surface area (Å²) in [6.07, 6.45) is 2.40. The SMILES string of the molecule is NCCCC[C@H](NCC(O)[C@H](Cc1ccccc1)NC(=O)c1ccccc1)C(=O)N1CCC[C@H]1C(=O)O. The largest absolute Gasteiger partial charge is 0.480 e. The summed E-state index contributed by atoms with van der Waals surface area (Å²) in [7, 11) is 0. The van der Waals surface area contributed by atoms with Crippen LogP contribution in [0.4, 0.5) is 0 Å². The molecule has 6 N–H and O–H groups in total. The van der Waals surface area contributed by atoms with Crippen molar-refractivity contribution in [2.24, 2.45) is 5.73 Å². The molecule has 1 saturated heterocycles. The van der Waals surface area contributed by atoms with E-state index < -0.39 is 30.2 Å². The molecule has 1 aliphatic rings. The number of nitrogens with zero attached hydrogens (tertiary/aromatic N) is 1. The molecule has 1 heterocycles. The van der Waals surface area contributed by atoms with Crippen molar-refractivity contribution in [1.82, 2.24) is 15.5 Å². The molecule has 37 heavy (non-hydrogen) atoms. The van der Waals surface area contributed by atoms with E-state index in [0.717, 1.165) is 12.0 Å². The van der Waals surface area contributed by atoms with Gasteiger partial charge in [0.2, 0.25) is 5.91 Å². The number of benzene rings is 2. The Balaban J connectivity index is 1.71. The van der Waals surface area contributed by atoms with Gasteiger partial charge >= 0.3 is 5.97 Å². The molecule has 3 rings (SSSR count). The normalized spacial score (nSPS) is 17.7. The van der Waals surface area contributed by atoms with E-state index in [2.05, 4.69) is 10.6 Å². The van der Waals surface area contributed by atoms with Gasteiger partial charge in [0.1, 0.15) is 6.04 Å². The molecule has 2 aromatic carbocycles. The number of hydrogen-bond acceptors (Lipinski definition) is 6. The summed E-state index contributed by atoms with van der Waals surface area (Å²) in [4.78, 5) is 39.2. The van der Waals surface area contributed by atoms with Crippen molar-refractivity contribution in [3.63, 3.8) is 0 Å². The Bertz CT molecular complexity index is 1000. The minimum Gasteiger partial charge on any atom is -0.480 e. The monoisotopic (exact) mass is 510 g/mol. The number of unbranched alkanes of at least 4 members (excludes halogenated alkanes) is 1. The summed E-state index contributed by atoms with van der Waals surface area (Å²) in [6.45, 7) is 0.948. The zero-order valence-electron chi connectivity index (χ0n) is 21.1. The van der Waals surface area contributed by atoms with Gasteiger partial charge in [-0.3, -0.25) is 9.59 Å². The molecule has 1 unspecified atom stereocenters. The molecule has 4 atom stereocenters. The maximum atomic E-state index is 13.3. The summed E-state index contributed by atoms with van der Waals surface area (Å²) in [5.41, 5.74) is 7.08. The second-order valence-corrected chi connectivity index (χ2v) is 9.48. The number of amides is 2. The number of carboxylic acids is 1. The van der Waals surface area contributed by atoms with Gasteiger partial charge in [0, 0.05) is 18.7 Å². The standard InChI is InChI=1S/C28H38N4O5/c29-16-8-7-14-22(27(35)32-17-9-15-24(32)28(36)37)30-19-25(33)23(18-20-10-3-1-4-11-20)31-26(34)21-12-5-2-6-13-21/h1-6,10-13,22-25,30,33H,7-9,14-19,29H2,(H,31,34)(H,36,37)/t22-,23-,24-,25?/m0/s1. The number of carboxylic acid groups (broad SMARTS) is 1. The number of aliphatic hydroxyl groups is 1. The van der Waals surface area contributed by atoms with Crippen LogP contribution in [-0.4, -0.2) is 76.8 Å². The molecule has 2 aromatic rings. The molecule has 1 aliphatic heterocycles. The van der Waals surface area contributed by atoms with Gasteiger partial charge in [-0.05, 0) is 56.3 Å². The number of rotatable bonds is 14. The van der Waals surface area contributed by atoms with Crippen molar-refractivity contribution < 1.29 is 24.6 Å². The van der Waals surface area contributed by atoms with E-state index in [-0.39, 0.29) is 18.4 Å². The first-order valence-electron chi connectivity index (χ1n) is 12.9. The van der Waals surface area contributed by atoms with Gasteiger partial charge in [-0.15, -0.1) is 0 Å². The fourth-order valence-corrected chi connectivity index (χ4v) is 4.69. The smallest absolute Gasteiger partial charge is 0.326 e. The first-order valence-corrected chi connectivity index (χ1v) is 12.9. The number of nitrogens with one attached hydrogen (secondary N) is 2. The fraction of sp³-hybridized carbons (Fsp3) is 0.464. The van der Waals surface area contributed by atoms with Crippen LogP contribution >= 0.6 is 0 Å². The highest BCUT2D eigenvalue weighted by atomic mass is 16.4. The Labute approximate surface area is 218 Å². The van der Waals surface area contributed by atoms with Crippen LogP contribution in [0.5, 0.6) is 0 Å². The lowest BCUT2D eigenvalue weighted by Gasteiger charge is -2.30. The summed E-state index contributed by atoms with van der Waals surface area (Å²) < 4.78 is 0. The predicted octanol–water partition coefficient (Wildman–Crippen LogP) is 1.55. The van der Waals surface area contributed by atoms with E-state index in [0.29, 0.717) is 50.8 Å². The number of carbonyl (C=O) groups excluding carboxylic acids is 2. The van der Waals surface area contributed by atoms with Crippen LogP contribution in [0, 0.1) is 0 Å². The molecule has 9 heteroatoms. The molecule has 0 saturated carbocycles. The minimum atomic E-state index is -1.00. The van der Waals surface area contributed by atoms with E-state index in [1.54, 1.807) is 24.3 Å². The van der Waals surface area contributed by atoms with E-state index in [4.69, 9.17) is 5.73 Å². The van der Waals surface area contributed by atoms with Gasteiger partial charge < -0.3 is 31.5 Å². The van der Waals surface area contributed by atoms with Gasteiger partial charge in [0.25, 0.3) is 5.91 Å². The second-order valence-electron chi connectivity index (χ2n) is 9.48. The van der Waals surface area contributed by atoms with Gasteiger partial charge in [-0.1, -0.05) is 55.0 Å². The number of hydrogen-bond donors (Lipinski definition) is 5. The van der Waals surface area contributed by atoms with Crippen LogP contribution < -0.4 is 16.4 Å². The number of likely N-dealkylation sites (tertiary alicyclic amines) is 1. The van der Waals surface area contributed by atoms with Crippen molar-refractivity contribution in [3.05, 3.63) is 71.8 Å². The molecule has 200 valence electrons. The number of aliphatic hydroxyl groups excluding tert-OH is 1. The summed E-state index contributed by atoms with van der Waals surface area (Å²) in [5.74, 6) is -1.57. The lowest BCUT2D eigenvalue weighted by Crippen LogP contribution is -2.54. The van der Waals surface area contributed by atoms with E-state index >= 15 is 0 Å². The highest BCUT2D eigenvalue weighted by Crippen LogP contribution is 2.20. The maximum absolute atomic E-state index is 13.3. The summed E-state index contributed by atoms with van der Waals surface area (Å²) >= 11 is 0. The minimum absolute atomic E-state index is 0.0528. The molecule has 0 aromatic heterocycles. The number of nitrogens with two attached hydrogens (primary N) is 1. The first kappa shape index (κ1) is 28.3. The quantitative estimate of drug-likeness (QED) is 0.243. The number of carbonyl (C=O) groups is 3. The molecule has 2 amide bonds. The van der Waals surface area contributed by atoms with E-state index in [9.17, 15) is 24.6 Å². The first-order chi connectivity index (χ1) is 17.9. The second kappa shape index (κ2) is 14.5. The van der Waals surface area contributed by atoms with Crippen molar-refractivity contribution in [3.8, 4) is 0 Å². The molecule has 9 nitrogen and oxygen atoms in total. The van der Waals surface area contributed by atoms with Crippen LogP contribution in [0.2, 0.25) is 0 Å². The van der Waals surface area contributed by atoms with Crippen molar-refractivity contribution in [1.29, 1.82) is 0 Å². The van der Waals surface area contributed by atoms with Crippen molar-refractivity contribution in [2.45, 2.75) is 62.8 Å². The third-order valence-electron chi connectivity index (χ3n) is 6.75. The molecule has 0 bridgehead atoms. The average molecular weight is 511 g/mol. The van der Waals surface area contributed by atoms with Crippen molar-refractivity contribution in [2.75, 3.05) is 19.6 Å². The van der Waals surface area contributed by atoms with Gasteiger partial charge in [-0.25, -0.2) is 4.79 Å². The zero-order chi connectivity index (χ0) is 26.6. The summed E-state index contributed by atoms with van der Waals surface area (Å²) in [5, 5.41) is 26.8. The van der Waals surface area contributed by atoms with Crippen LogP contribution in [0.25, 0.3) is 0 Å². The Hall–Kier alpha value is -3.27. The molecular formula is C28H38N4O5. The highest BCUT2D eigenvalue weighted by molar-refractivity contribution is 5.94. The third-order valence-corrected chi connectivity index (χ3v) is 6.75. The van der Waals surface area contributed by atoms with Crippen LogP contribution in [0.1, 0.15) is 48.0 Å². The lowest BCUT2D eigenvalue weighted by molar-refractivity contribution is -0.149. The zero-order valence-corrected chi connectivity index (χ0v) is 21.1. The average Bonchev–Trinajstić information content (AvgIpc) is 3.41. The van der Waals surface area contributed by atoms with E-state index in [1.807, 2.05) is 36.4 Å². The third kappa shape index (κ3) is 8.38. The van der Waals surface area contributed by atoms with Gasteiger partial charge in [-0.2, -0.15) is 0 Å². The lowest BCUT2D eigenvalue weighted by atomic mass is 9.99. The molecule has 0 radical (unpaired) electrons. The molecule has 0 spiro atoms. The fourth-order valence-electron chi connectivity index (χ4n) is 4.69. The predicted molar refractivity (Wildman–Crippen MR) is 141 cm³/mol. The Morgan fingerprint density at radius 1 is 1.03 bits per heavy atom. The summed E-state index contributed by atoms with van der Waals surface area (Å²) in [6, 6.07) is 16.3.